The van der Waals surface area contributed by atoms with Gasteiger partial charge >= 0.3 is 0 Å². The second-order valence-electron chi connectivity index (χ2n) is 5.70. The number of benzene rings is 1. The minimum atomic E-state index is -0.184. The van der Waals surface area contributed by atoms with Gasteiger partial charge in [0.05, 0.1) is 22.0 Å². The Balaban J connectivity index is 1.86. The van der Waals surface area contributed by atoms with Crippen LogP contribution in [0.4, 0.5) is 5.69 Å². The average Bonchev–Trinajstić information content (AvgIpc) is 2.92. The van der Waals surface area contributed by atoms with Crippen molar-refractivity contribution in [2.45, 2.75) is 13.8 Å². The van der Waals surface area contributed by atoms with Crippen LogP contribution in [0.3, 0.4) is 0 Å². The van der Waals surface area contributed by atoms with Gasteiger partial charge in [0.25, 0.3) is 5.91 Å². The Morgan fingerprint density at radius 3 is 2.52 bits per heavy atom. The maximum Gasteiger partial charge on any atom is 0.259 e. The Morgan fingerprint density at radius 1 is 1.20 bits per heavy atom. The predicted octanol–water partition coefficient (Wildman–Crippen LogP) is 4.58. The zero-order valence-corrected chi connectivity index (χ0v) is 16.3. The molecular formula is C18H16BrClN4O. The van der Waals surface area contributed by atoms with Gasteiger partial charge in [0.2, 0.25) is 0 Å². The van der Waals surface area contributed by atoms with Gasteiger partial charge in [-0.1, -0.05) is 27.5 Å². The Kier molecular flexibility index (Phi) is 4.92. The van der Waals surface area contributed by atoms with Crippen molar-refractivity contribution in [3.8, 4) is 5.82 Å². The van der Waals surface area contributed by atoms with Crippen LogP contribution in [0.2, 0.25) is 5.02 Å². The number of anilines is 1. The summed E-state index contributed by atoms with van der Waals surface area (Å²) in [6.45, 7) is 3.89. The molecule has 5 nitrogen and oxygen atoms in total. The van der Waals surface area contributed by atoms with E-state index in [0.717, 1.165) is 15.9 Å². The Morgan fingerprint density at radius 2 is 1.96 bits per heavy atom. The fraction of sp³-hybridized carbons (Fsp3) is 0.167. The van der Waals surface area contributed by atoms with Crippen molar-refractivity contribution in [1.29, 1.82) is 0 Å². The molecule has 0 spiro atoms. The SMILES string of the molecule is Cc1cc(C)n(-c2ccc(C(=O)N(C)c3ccc(Br)cc3Cl)cn2)n1. The van der Waals surface area contributed by atoms with Gasteiger partial charge in [-0.2, -0.15) is 5.10 Å². The van der Waals surface area contributed by atoms with E-state index >= 15 is 0 Å². The number of aryl methyl sites for hydroxylation is 2. The van der Waals surface area contributed by atoms with Gasteiger partial charge in [-0.15, -0.1) is 0 Å². The first-order valence-corrected chi connectivity index (χ1v) is 8.76. The normalized spacial score (nSPS) is 10.8. The molecule has 25 heavy (non-hydrogen) atoms. The molecule has 7 heteroatoms. The van der Waals surface area contributed by atoms with Crippen LogP contribution in [0.15, 0.2) is 47.1 Å². The largest absolute Gasteiger partial charge is 0.310 e. The molecule has 0 fully saturated rings. The van der Waals surface area contributed by atoms with Crippen molar-refractivity contribution in [2.24, 2.45) is 0 Å². The lowest BCUT2D eigenvalue weighted by molar-refractivity contribution is 0.0992. The summed E-state index contributed by atoms with van der Waals surface area (Å²) in [6, 6.07) is 10.9. The van der Waals surface area contributed by atoms with Gasteiger partial charge in [-0.3, -0.25) is 4.79 Å². The van der Waals surface area contributed by atoms with Crippen molar-refractivity contribution in [1.82, 2.24) is 14.8 Å². The van der Waals surface area contributed by atoms with E-state index in [9.17, 15) is 4.79 Å². The summed E-state index contributed by atoms with van der Waals surface area (Å²) in [7, 11) is 1.69. The van der Waals surface area contributed by atoms with E-state index in [4.69, 9.17) is 11.6 Å². The van der Waals surface area contributed by atoms with E-state index in [1.807, 2.05) is 26.0 Å². The molecule has 0 saturated carbocycles. The van der Waals surface area contributed by atoms with Gasteiger partial charge in [0, 0.05) is 23.4 Å². The second-order valence-corrected chi connectivity index (χ2v) is 7.03. The van der Waals surface area contributed by atoms with Crippen molar-refractivity contribution in [3.05, 3.63) is 69.0 Å². The lowest BCUT2D eigenvalue weighted by atomic mass is 10.2. The monoisotopic (exact) mass is 418 g/mol. The zero-order chi connectivity index (χ0) is 18.1. The number of rotatable bonds is 3. The first-order valence-electron chi connectivity index (χ1n) is 7.59. The molecule has 0 N–H and O–H groups in total. The zero-order valence-electron chi connectivity index (χ0n) is 14.0. The van der Waals surface area contributed by atoms with Gasteiger partial charge < -0.3 is 4.90 Å². The number of aromatic nitrogens is 3. The number of hydrogen-bond donors (Lipinski definition) is 0. The van der Waals surface area contributed by atoms with Crippen LogP contribution in [0.1, 0.15) is 21.7 Å². The number of carbonyl (C=O) groups is 1. The first-order chi connectivity index (χ1) is 11.9. The average molecular weight is 420 g/mol. The summed E-state index contributed by atoms with van der Waals surface area (Å²) in [5, 5.41) is 4.89. The van der Waals surface area contributed by atoms with Crippen LogP contribution in [-0.4, -0.2) is 27.7 Å². The number of amides is 1. The molecule has 0 aliphatic rings. The third-order valence-electron chi connectivity index (χ3n) is 3.80. The second kappa shape index (κ2) is 6.98. The third-order valence-corrected chi connectivity index (χ3v) is 4.59. The maximum atomic E-state index is 12.7. The van der Waals surface area contributed by atoms with Gasteiger partial charge in [-0.25, -0.2) is 9.67 Å². The molecule has 0 atom stereocenters. The van der Waals surface area contributed by atoms with Gasteiger partial charge in [-0.05, 0) is 50.2 Å². The number of hydrogen-bond acceptors (Lipinski definition) is 3. The summed E-state index contributed by atoms with van der Waals surface area (Å²) in [6.07, 6.45) is 1.55. The highest BCUT2D eigenvalue weighted by molar-refractivity contribution is 9.10. The fourth-order valence-electron chi connectivity index (χ4n) is 2.56. The molecule has 0 aliphatic heterocycles. The molecule has 0 saturated heterocycles. The van der Waals surface area contributed by atoms with Crippen LogP contribution in [0.5, 0.6) is 0 Å². The van der Waals surface area contributed by atoms with Crippen LogP contribution >= 0.6 is 27.5 Å². The van der Waals surface area contributed by atoms with E-state index in [-0.39, 0.29) is 5.91 Å². The molecule has 0 unspecified atom stereocenters. The highest BCUT2D eigenvalue weighted by Crippen LogP contribution is 2.29. The lowest BCUT2D eigenvalue weighted by Crippen LogP contribution is -2.26. The molecule has 0 bridgehead atoms. The quantitative estimate of drug-likeness (QED) is 0.624. The lowest BCUT2D eigenvalue weighted by Gasteiger charge is -2.19. The summed E-state index contributed by atoms with van der Waals surface area (Å²) < 4.78 is 2.61. The summed E-state index contributed by atoms with van der Waals surface area (Å²) in [4.78, 5) is 18.6. The fourth-order valence-corrected chi connectivity index (χ4v) is 3.36. The van der Waals surface area contributed by atoms with E-state index in [0.29, 0.717) is 22.1 Å². The maximum absolute atomic E-state index is 12.7. The predicted molar refractivity (Wildman–Crippen MR) is 103 cm³/mol. The number of nitrogens with zero attached hydrogens (tertiary/aromatic N) is 4. The van der Waals surface area contributed by atoms with Crippen LogP contribution in [0.25, 0.3) is 5.82 Å². The highest BCUT2D eigenvalue weighted by Gasteiger charge is 2.17. The minimum absolute atomic E-state index is 0.184. The molecule has 128 valence electrons. The van der Waals surface area contributed by atoms with E-state index < -0.39 is 0 Å². The molecule has 0 aliphatic carbocycles. The Bertz CT molecular complexity index is 937. The molecule has 1 amide bonds. The van der Waals surface area contributed by atoms with Crippen molar-refractivity contribution >= 4 is 39.1 Å². The standard InChI is InChI=1S/C18H16BrClN4O/c1-11-8-12(2)24(22-11)17-7-4-13(10-21-17)18(25)23(3)16-6-5-14(19)9-15(16)20/h4-10H,1-3H3. The summed E-state index contributed by atoms with van der Waals surface area (Å²) >= 11 is 9.59. The number of halogens is 2. The van der Waals surface area contributed by atoms with Crippen LogP contribution < -0.4 is 4.90 Å². The Hall–Kier alpha value is -2.18. The summed E-state index contributed by atoms with van der Waals surface area (Å²) in [5.41, 5.74) is 3.02. The minimum Gasteiger partial charge on any atom is -0.310 e. The van der Waals surface area contributed by atoms with Crippen LogP contribution in [-0.2, 0) is 0 Å². The van der Waals surface area contributed by atoms with E-state index in [2.05, 4.69) is 26.0 Å². The first kappa shape index (κ1) is 17.6. The Labute approximate surface area is 159 Å². The third kappa shape index (κ3) is 3.60. The number of pyridine rings is 1. The molecule has 2 aromatic heterocycles. The van der Waals surface area contributed by atoms with Gasteiger partial charge in [0.15, 0.2) is 5.82 Å². The van der Waals surface area contributed by atoms with Crippen molar-refractivity contribution in [2.75, 3.05) is 11.9 Å². The van der Waals surface area contributed by atoms with Gasteiger partial charge in [0.1, 0.15) is 0 Å². The molecule has 0 radical (unpaired) electrons. The van der Waals surface area contributed by atoms with E-state index in [1.54, 1.807) is 42.2 Å². The summed E-state index contributed by atoms with van der Waals surface area (Å²) in [5.74, 6) is 0.489. The molecule has 3 rings (SSSR count). The van der Waals surface area contributed by atoms with Crippen LogP contribution in [0, 0.1) is 13.8 Å². The molecular weight excluding hydrogens is 404 g/mol. The number of carbonyl (C=O) groups excluding carboxylic acids is 1. The van der Waals surface area contributed by atoms with Crippen molar-refractivity contribution < 1.29 is 4.79 Å². The highest BCUT2D eigenvalue weighted by atomic mass is 79.9. The molecule has 2 heterocycles. The molecule has 1 aromatic carbocycles. The molecule has 3 aromatic rings. The van der Waals surface area contributed by atoms with Crippen molar-refractivity contribution in [3.63, 3.8) is 0 Å². The van der Waals surface area contributed by atoms with E-state index in [1.165, 1.54) is 4.90 Å². The topological polar surface area (TPSA) is 51.0 Å². The smallest absolute Gasteiger partial charge is 0.259 e.